The van der Waals surface area contributed by atoms with Gasteiger partial charge in [0.25, 0.3) is 5.69 Å². The van der Waals surface area contributed by atoms with Gasteiger partial charge in [0, 0.05) is 17.3 Å². The number of aromatic nitrogens is 1. The summed E-state index contributed by atoms with van der Waals surface area (Å²) < 4.78 is 0. The van der Waals surface area contributed by atoms with E-state index in [4.69, 9.17) is 5.11 Å². The Morgan fingerprint density at radius 2 is 2.38 bits per heavy atom. The first-order valence-corrected chi connectivity index (χ1v) is 4.50. The molecule has 6 heteroatoms. The standard InChI is InChI=1S/C10H10N2O4/c1-7-8(3-2-4-10(13)14)5-9(6-11-7)12(15)16/h2-3,5-6H,4H2,1H3,(H,13,14). The van der Waals surface area contributed by atoms with Gasteiger partial charge < -0.3 is 5.11 Å². The topological polar surface area (TPSA) is 93.3 Å². The molecule has 0 bridgehead atoms. The largest absolute Gasteiger partial charge is 0.481 e. The number of hydrogen-bond acceptors (Lipinski definition) is 4. The summed E-state index contributed by atoms with van der Waals surface area (Å²) in [6.07, 6.45) is 3.99. The van der Waals surface area contributed by atoms with E-state index in [-0.39, 0.29) is 12.1 Å². The van der Waals surface area contributed by atoms with Gasteiger partial charge in [-0.2, -0.15) is 0 Å². The molecule has 0 unspecified atom stereocenters. The summed E-state index contributed by atoms with van der Waals surface area (Å²) in [7, 11) is 0. The van der Waals surface area contributed by atoms with E-state index in [0.29, 0.717) is 11.3 Å². The number of nitrogens with zero attached hydrogens (tertiary/aromatic N) is 2. The third-order valence-corrected chi connectivity index (χ3v) is 1.91. The van der Waals surface area contributed by atoms with E-state index in [9.17, 15) is 14.9 Å². The zero-order valence-electron chi connectivity index (χ0n) is 8.58. The lowest BCUT2D eigenvalue weighted by Gasteiger charge is -1.98. The SMILES string of the molecule is Cc1ncc([N+](=O)[O-])cc1C=CCC(=O)O. The monoisotopic (exact) mass is 222 g/mol. The molecule has 0 spiro atoms. The van der Waals surface area contributed by atoms with Crippen LogP contribution < -0.4 is 0 Å². The van der Waals surface area contributed by atoms with Crippen LogP contribution in [0.1, 0.15) is 17.7 Å². The first-order valence-electron chi connectivity index (χ1n) is 4.50. The summed E-state index contributed by atoms with van der Waals surface area (Å²) in [5.74, 6) is -0.952. The molecule has 0 atom stereocenters. The smallest absolute Gasteiger partial charge is 0.307 e. The molecule has 0 amide bonds. The Bertz CT molecular complexity index is 454. The minimum Gasteiger partial charge on any atom is -0.481 e. The quantitative estimate of drug-likeness (QED) is 0.619. The van der Waals surface area contributed by atoms with Gasteiger partial charge in [0.05, 0.1) is 11.3 Å². The number of nitro groups is 1. The molecule has 0 aromatic carbocycles. The van der Waals surface area contributed by atoms with Crippen molar-refractivity contribution >= 4 is 17.7 Å². The Balaban J connectivity index is 2.94. The highest BCUT2D eigenvalue weighted by Crippen LogP contribution is 2.16. The van der Waals surface area contributed by atoms with Crippen LogP contribution in [-0.2, 0) is 4.79 Å². The summed E-state index contributed by atoms with van der Waals surface area (Å²) in [5, 5.41) is 18.9. The fraction of sp³-hybridized carbons (Fsp3) is 0.200. The van der Waals surface area contributed by atoms with E-state index >= 15 is 0 Å². The third-order valence-electron chi connectivity index (χ3n) is 1.91. The Morgan fingerprint density at radius 1 is 1.69 bits per heavy atom. The van der Waals surface area contributed by atoms with E-state index in [2.05, 4.69) is 4.98 Å². The van der Waals surface area contributed by atoms with Crippen molar-refractivity contribution in [3.63, 3.8) is 0 Å². The molecule has 84 valence electrons. The van der Waals surface area contributed by atoms with E-state index in [1.165, 1.54) is 24.4 Å². The number of aryl methyl sites for hydroxylation is 1. The van der Waals surface area contributed by atoms with Crippen molar-refractivity contribution in [1.29, 1.82) is 0 Å². The first kappa shape index (κ1) is 11.8. The van der Waals surface area contributed by atoms with Crippen LogP contribution in [0, 0.1) is 17.0 Å². The van der Waals surface area contributed by atoms with Gasteiger partial charge in [-0.3, -0.25) is 19.9 Å². The highest BCUT2D eigenvalue weighted by molar-refractivity contribution is 5.70. The molecule has 1 heterocycles. The van der Waals surface area contributed by atoms with Gasteiger partial charge in [-0.25, -0.2) is 0 Å². The molecule has 0 aliphatic heterocycles. The summed E-state index contributed by atoms with van der Waals surface area (Å²) in [6.45, 7) is 1.70. The minimum absolute atomic E-state index is 0.111. The number of aliphatic carboxylic acids is 1. The average Bonchev–Trinajstić information content (AvgIpc) is 2.20. The molecule has 1 aromatic heterocycles. The average molecular weight is 222 g/mol. The van der Waals surface area contributed by atoms with Crippen molar-refractivity contribution in [3.8, 4) is 0 Å². The molecule has 0 aliphatic rings. The van der Waals surface area contributed by atoms with Gasteiger partial charge in [0.15, 0.2) is 0 Å². The maximum atomic E-state index is 10.5. The maximum absolute atomic E-state index is 10.5. The van der Waals surface area contributed by atoms with Crippen LogP contribution in [-0.4, -0.2) is 21.0 Å². The number of carboxylic acid groups (broad SMARTS) is 1. The number of carbonyl (C=O) groups is 1. The van der Waals surface area contributed by atoms with Crippen molar-refractivity contribution in [3.05, 3.63) is 39.7 Å². The van der Waals surface area contributed by atoms with Crippen molar-refractivity contribution in [2.45, 2.75) is 13.3 Å². The molecule has 1 N–H and O–H groups in total. The van der Waals surface area contributed by atoms with E-state index < -0.39 is 10.9 Å². The van der Waals surface area contributed by atoms with Crippen molar-refractivity contribution < 1.29 is 14.8 Å². The second-order valence-electron chi connectivity index (χ2n) is 3.13. The number of pyridine rings is 1. The molecule has 1 aromatic rings. The molecule has 0 saturated heterocycles. The molecule has 6 nitrogen and oxygen atoms in total. The van der Waals surface area contributed by atoms with Gasteiger partial charge >= 0.3 is 5.97 Å². The molecule has 0 radical (unpaired) electrons. The summed E-state index contributed by atoms with van der Waals surface area (Å²) >= 11 is 0. The third kappa shape index (κ3) is 3.16. The lowest BCUT2D eigenvalue weighted by Crippen LogP contribution is -1.94. The highest BCUT2D eigenvalue weighted by atomic mass is 16.6. The number of carboxylic acids is 1. The van der Waals surface area contributed by atoms with Crippen LogP contribution in [0.3, 0.4) is 0 Å². The van der Waals surface area contributed by atoms with Gasteiger partial charge in [-0.05, 0) is 6.92 Å². The molecule has 1 rings (SSSR count). The zero-order valence-corrected chi connectivity index (χ0v) is 8.58. The second kappa shape index (κ2) is 5.01. The lowest BCUT2D eigenvalue weighted by molar-refractivity contribution is -0.385. The van der Waals surface area contributed by atoms with Gasteiger partial charge in [-0.1, -0.05) is 12.2 Å². The Labute approximate surface area is 91.4 Å². The van der Waals surface area contributed by atoms with E-state index in [0.717, 1.165) is 0 Å². The molecule has 0 aliphatic carbocycles. The van der Waals surface area contributed by atoms with Crippen molar-refractivity contribution in [2.75, 3.05) is 0 Å². The molecule has 0 fully saturated rings. The Hall–Kier alpha value is -2.24. The first-order chi connectivity index (χ1) is 7.50. The van der Waals surface area contributed by atoms with Crippen LogP contribution >= 0.6 is 0 Å². The Kier molecular flexibility index (Phi) is 3.71. The predicted octanol–water partition coefficient (Wildman–Crippen LogP) is 1.79. The second-order valence-corrected chi connectivity index (χ2v) is 3.13. The summed E-state index contributed by atoms with van der Waals surface area (Å²) in [4.78, 5) is 24.1. The fourth-order valence-corrected chi connectivity index (χ4v) is 1.09. The van der Waals surface area contributed by atoms with Crippen LogP contribution in [0.4, 0.5) is 5.69 Å². The number of rotatable bonds is 4. The molecular weight excluding hydrogens is 212 g/mol. The summed E-state index contributed by atoms with van der Waals surface area (Å²) in [5.41, 5.74) is 1.06. The molecular formula is C10H10N2O4. The van der Waals surface area contributed by atoms with Crippen LogP contribution in [0.25, 0.3) is 6.08 Å². The van der Waals surface area contributed by atoms with E-state index in [1.54, 1.807) is 6.92 Å². The van der Waals surface area contributed by atoms with Crippen molar-refractivity contribution in [2.24, 2.45) is 0 Å². The number of hydrogen-bond donors (Lipinski definition) is 1. The van der Waals surface area contributed by atoms with E-state index in [1.807, 2.05) is 0 Å². The van der Waals surface area contributed by atoms with Crippen LogP contribution in [0.5, 0.6) is 0 Å². The zero-order chi connectivity index (χ0) is 12.1. The fourth-order valence-electron chi connectivity index (χ4n) is 1.09. The maximum Gasteiger partial charge on any atom is 0.307 e. The van der Waals surface area contributed by atoms with Gasteiger partial charge in [-0.15, -0.1) is 0 Å². The van der Waals surface area contributed by atoms with Crippen LogP contribution in [0.2, 0.25) is 0 Å². The van der Waals surface area contributed by atoms with Gasteiger partial charge in [0.1, 0.15) is 6.20 Å². The lowest BCUT2D eigenvalue weighted by atomic mass is 10.1. The highest BCUT2D eigenvalue weighted by Gasteiger charge is 2.07. The normalized spacial score (nSPS) is 10.6. The van der Waals surface area contributed by atoms with Crippen LogP contribution in [0.15, 0.2) is 18.3 Å². The minimum atomic E-state index is -0.952. The molecule has 0 saturated carbocycles. The van der Waals surface area contributed by atoms with Gasteiger partial charge in [0.2, 0.25) is 0 Å². The summed E-state index contributed by atoms with van der Waals surface area (Å²) in [6, 6.07) is 1.36. The molecule has 16 heavy (non-hydrogen) atoms. The predicted molar refractivity (Wildman–Crippen MR) is 56.9 cm³/mol. The van der Waals surface area contributed by atoms with Crippen molar-refractivity contribution in [1.82, 2.24) is 4.98 Å². The Morgan fingerprint density at radius 3 is 2.94 bits per heavy atom.